The molecule has 0 unspecified atom stereocenters. The number of ether oxygens (including phenoxy) is 3. The number of nitrogens with zero attached hydrogens (tertiary/aromatic N) is 4. The molecule has 5 heterocycles. The van der Waals surface area contributed by atoms with E-state index < -0.39 is 24.9 Å². The van der Waals surface area contributed by atoms with E-state index in [9.17, 15) is 22.8 Å². The number of nitrogens with one attached hydrogen (secondary N) is 2. The van der Waals surface area contributed by atoms with Crippen molar-refractivity contribution in [3.05, 3.63) is 71.0 Å². The Hall–Kier alpha value is -4.62. The van der Waals surface area contributed by atoms with Crippen LogP contribution in [-0.2, 0) is 17.7 Å². The summed E-state index contributed by atoms with van der Waals surface area (Å²) in [6.45, 7) is 1.89. The number of hydrogen-bond acceptors (Lipinski definition) is 9. The lowest BCUT2D eigenvalue weighted by Gasteiger charge is -2.22. The number of carbonyl (C=O) groups is 2. The second kappa shape index (κ2) is 14.3. The van der Waals surface area contributed by atoms with Gasteiger partial charge >= 0.3 is 18.3 Å². The Bertz CT molecular complexity index is 1340. The van der Waals surface area contributed by atoms with Crippen LogP contribution < -0.4 is 20.1 Å². The first-order chi connectivity index (χ1) is 20.2. The molecule has 2 aromatic carbocycles. The molecule has 3 aromatic rings. The third-order valence-corrected chi connectivity index (χ3v) is 6.01. The Balaban J connectivity index is 1.55. The molecule has 224 valence electrons. The minimum absolute atomic E-state index is 0.0537. The van der Waals surface area contributed by atoms with E-state index in [0.29, 0.717) is 36.4 Å². The first-order valence-electron chi connectivity index (χ1n) is 13.4. The van der Waals surface area contributed by atoms with Crippen molar-refractivity contribution in [1.29, 1.82) is 0 Å². The zero-order valence-electron chi connectivity index (χ0n) is 22.9. The number of carbonyl (C=O) groups excluding carboxylic acids is 2. The summed E-state index contributed by atoms with van der Waals surface area (Å²) in [6.07, 6.45) is -4.33. The average Bonchev–Trinajstić information content (AvgIpc) is 2.96. The third-order valence-electron chi connectivity index (χ3n) is 6.01. The highest BCUT2D eigenvalue weighted by atomic mass is 19.4. The summed E-state index contributed by atoms with van der Waals surface area (Å²) in [5.41, 5.74) is 1.96. The molecule has 0 spiro atoms. The molecule has 0 aliphatic carbocycles. The number of anilines is 1. The number of hydrogen-bond donors (Lipinski definition) is 2. The summed E-state index contributed by atoms with van der Waals surface area (Å²) in [5, 5.41) is 5.80. The Morgan fingerprint density at radius 2 is 1.74 bits per heavy atom. The highest BCUT2D eigenvalue weighted by molar-refractivity contribution is 5.94. The highest BCUT2D eigenvalue weighted by Gasteiger charge is 2.29. The van der Waals surface area contributed by atoms with E-state index >= 15 is 0 Å². The number of benzene rings is 2. The zero-order valence-corrected chi connectivity index (χ0v) is 22.9. The molecule has 2 N–H and O–H groups in total. The minimum atomic E-state index is -4.56. The zero-order chi connectivity index (χ0) is 30.0. The summed E-state index contributed by atoms with van der Waals surface area (Å²) in [4.78, 5) is 39.0. The maximum atomic E-state index is 12.8. The van der Waals surface area contributed by atoms with E-state index in [1.54, 1.807) is 43.3 Å². The fourth-order valence-electron chi connectivity index (χ4n) is 3.97. The molecule has 4 aliphatic heterocycles. The van der Waals surface area contributed by atoms with Gasteiger partial charge in [0.05, 0.1) is 13.2 Å². The van der Waals surface area contributed by atoms with E-state index in [-0.39, 0.29) is 50.3 Å². The first-order valence-corrected chi connectivity index (χ1v) is 13.4. The van der Waals surface area contributed by atoms with Gasteiger partial charge in [0.1, 0.15) is 11.6 Å². The van der Waals surface area contributed by atoms with Gasteiger partial charge in [0.15, 0.2) is 6.61 Å². The highest BCUT2D eigenvalue weighted by Crippen LogP contribution is 2.19. The third kappa shape index (κ3) is 9.49. The predicted octanol–water partition coefficient (Wildman–Crippen LogP) is 3.99. The molecule has 14 heteroatoms. The molecule has 4 aliphatic rings. The van der Waals surface area contributed by atoms with Gasteiger partial charge in [-0.05, 0) is 48.7 Å². The number of rotatable bonds is 3. The van der Waals surface area contributed by atoms with Crippen LogP contribution >= 0.6 is 0 Å². The molecule has 1 aromatic heterocycles. The summed E-state index contributed by atoms with van der Waals surface area (Å²) >= 11 is 0. The van der Waals surface area contributed by atoms with Crippen molar-refractivity contribution in [2.75, 3.05) is 44.8 Å². The van der Waals surface area contributed by atoms with Gasteiger partial charge in [-0.1, -0.05) is 24.3 Å². The fourth-order valence-corrected chi connectivity index (χ4v) is 3.97. The lowest BCUT2D eigenvalue weighted by Crippen LogP contribution is -2.39. The van der Waals surface area contributed by atoms with Crippen LogP contribution in [-0.4, -0.2) is 77.5 Å². The molecule has 0 saturated heterocycles. The van der Waals surface area contributed by atoms with Crippen molar-refractivity contribution < 1.29 is 37.0 Å². The van der Waals surface area contributed by atoms with Crippen molar-refractivity contribution in [3.63, 3.8) is 0 Å². The number of aromatic nitrogens is 3. The van der Waals surface area contributed by atoms with Crippen LogP contribution in [0.25, 0.3) is 0 Å². The van der Waals surface area contributed by atoms with Crippen LogP contribution in [0.4, 0.5) is 23.9 Å². The monoisotopic (exact) mass is 588 g/mol. The fraction of sp³-hybridized carbons (Fsp3) is 0.393. The van der Waals surface area contributed by atoms with Gasteiger partial charge in [-0.25, -0.2) is 4.79 Å². The van der Waals surface area contributed by atoms with Crippen LogP contribution in [0.15, 0.2) is 48.5 Å². The normalized spacial score (nSPS) is 14.9. The van der Waals surface area contributed by atoms with Gasteiger partial charge in [-0.2, -0.15) is 28.1 Å². The lowest BCUT2D eigenvalue weighted by atomic mass is 10.1. The van der Waals surface area contributed by atoms with Gasteiger partial charge in [0.2, 0.25) is 5.95 Å². The summed E-state index contributed by atoms with van der Waals surface area (Å²) in [7, 11) is 0. The molecule has 42 heavy (non-hydrogen) atoms. The van der Waals surface area contributed by atoms with Crippen LogP contribution in [0.2, 0.25) is 0 Å². The molecular weight excluding hydrogens is 557 g/mol. The molecule has 7 rings (SSSR count). The molecule has 0 atom stereocenters. The van der Waals surface area contributed by atoms with Crippen molar-refractivity contribution in [2.45, 2.75) is 32.5 Å². The van der Waals surface area contributed by atoms with Crippen LogP contribution in [0.3, 0.4) is 0 Å². The number of amides is 2. The van der Waals surface area contributed by atoms with Crippen molar-refractivity contribution in [3.8, 4) is 11.8 Å². The summed E-state index contributed by atoms with van der Waals surface area (Å²) in [6, 6.07) is 13.4. The van der Waals surface area contributed by atoms with Crippen LogP contribution in [0, 0.1) is 0 Å². The quantitative estimate of drug-likeness (QED) is 0.467. The Kier molecular flexibility index (Phi) is 10.3. The standard InChI is InChI=1S/C28H31F3N6O5/c1-2-40-27(39)37-13-3-15-41-22-10-6-20(7-11-22)17-33-25-34-23(35-26(36-25)42-18-28(29,30)31)16-19-4-8-21(9-5-19)24(38)32-12-14-37/h4-11H,2-3,12-18H2,1H3,(H,32,38)(H,33,34,35,36). The first kappa shape index (κ1) is 30.3. The van der Waals surface area contributed by atoms with Gasteiger partial charge in [0.25, 0.3) is 5.91 Å². The van der Waals surface area contributed by atoms with Crippen molar-refractivity contribution in [2.24, 2.45) is 0 Å². The Labute approximate surface area is 240 Å². The SMILES string of the molecule is CCOC(=O)N1CCCOc2ccc(cc2)CNc2nc(nc(OCC(F)(F)F)n2)Cc2ccc(cc2)C(=O)NCC1. The minimum Gasteiger partial charge on any atom is -0.494 e. The lowest BCUT2D eigenvalue weighted by molar-refractivity contribution is -0.154. The summed E-state index contributed by atoms with van der Waals surface area (Å²) < 4.78 is 54.0. The maximum absolute atomic E-state index is 12.8. The van der Waals surface area contributed by atoms with Gasteiger partial charge in [-0.3, -0.25) is 4.79 Å². The van der Waals surface area contributed by atoms with Crippen LogP contribution in [0.5, 0.6) is 11.8 Å². The number of halogens is 3. The van der Waals surface area contributed by atoms with Gasteiger partial charge < -0.3 is 29.7 Å². The topological polar surface area (TPSA) is 128 Å². The van der Waals surface area contributed by atoms with Gasteiger partial charge in [-0.15, -0.1) is 0 Å². The molecule has 6 bridgehead atoms. The van der Waals surface area contributed by atoms with E-state index in [1.807, 2.05) is 12.1 Å². The Morgan fingerprint density at radius 1 is 1.00 bits per heavy atom. The molecule has 2 amide bonds. The molecule has 0 radical (unpaired) electrons. The van der Waals surface area contributed by atoms with E-state index in [0.717, 1.165) is 5.56 Å². The largest absolute Gasteiger partial charge is 0.494 e. The number of alkyl halides is 3. The van der Waals surface area contributed by atoms with E-state index in [2.05, 4.69) is 25.6 Å². The second-order valence-electron chi connectivity index (χ2n) is 9.28. The summed E-state index contributed by atoms with van der Waals surface area (Å²) in [5.74, 6) is 0.535. The molecule has 0 fully saturated rings. The molecule has 0 saturated carbocycles. The second-order valence-corrected chi connectivity index (χ2v) is 9.28. The molecular formula is C28H31F3N6O5. The van der Waals surface area contributed by atoms with Gasteiger partial charge in [0, 0.05) is 38.2 Å². The van der Waals surface area contributed by atoms with E-state index in [1.165, 1.54) is 4.90 Å². The predicted molar refractivity (Wildman–Crippen MR) is 145 cm³/mol. The Morgan fingerprint density at radius 3 is 2.45 bits per heavy atom. The van der Waals surface area contributed by atoms with Crippen LogP contribution in [0.1, 0.15) is 40.7 Å². The van der Waals surface area contributed by atoms with Crippen molar-refractivity contribution >= 4 is 17.9 Å². The smallest absolute Gasteiger partial charge is 0.422 e. The van der Waals surface area contributed by atoms with E-state index in [4.69, 9.17) is 14.2 Å². The van der Waals surface area contributed by atoms with Crippen molar-refractivity contribution in [1.82, 2.24) is 25.2 Å². The maximum Gasteiger partial charge on any atom is 0.422 e. The average molecular weight is 589 g/mol. The molecule has 11 nitrogen and oxygen atoms in total.